The maximum absolute atomic E-state index is 13.1. The third-order valence-electron chi connectivity index (χ3n) is 4.38. The Bertz CT molecular complexity index is 1200. The highest BCUT2D eigenvalue weighted by atomic mass is 19.3. The Morgan fingerprint density at radius 2 is 1.86 bits per heavy atom. The van der Waals surface area contributed by atoms with Crippen LogP contribution in [-0.2, 0) is 0 Å². The molecule has 29 heavy (non-hydrogen) atoms. The van der Waals surface area contributed by atoms with Crippen molar-refractivity contribution >= 4 is 17.0 Å². The maximum atomic E-state index is 13.1. The molecule has 4 aromatic rings. The maximum Gasteiger partial charge on any atom is 0.424 e. The van der Waals surface area contributed by atoms with Crippen molar-refractivity contribution in [2.45, 2.75) is 19.5 Å². The molecule has 0 radical (unpaired) electrons. The van der Waals surface area contributed by atoms with Crippen LogP contribution in [0.1, 0.15) is 25.1 Å². The zero-order valence-electron chi connectivity index (χ0n) is 15.0. The van der Waals surface area contributed by atoms with E-state index in [1.807, 2.05) is 6.92 Å². The zero-order chi connectivity index (χ0) is 20.5. The van der Waals surface area contributed by atoms with Crippen LogP contribution < -0.4 is 11.1 Å². The molecular weight excluding hydrogens is 387 g/mol. The lowest BCUT2D eigenvalue weighted by Gasteiger charge is -2.13. The summed E-state index contributed by atoms with van der Waals surface area (Å²) in [4.78, 5) is 15.7. The van der Waals surface area contributed by atoms with Gasteiger partial charge in [0.05, 0.1) is 17.8 Å². The van der Waals surface area contributed by atoms with Crippen molar-refractivity contribution in [3.8, 4) is 11.3 Å². The minimum atomic E-state index is -3.03. The molecule has 0 saturated carbocycles. The molecule has 1 N–H and O–H groups in total. The van der Waals surface area contributed by atoms with Crippen LogP contribution >= 0.6 is 0 Å². The molecule has 148 valence electrons. The van der Waals surface area contributed by atoms with Gasteiger partial charge in [-0.15, -0.1) is 10.2 Å². The third-order valence-corrected chi connectivity index (χ3v) is 4.38. The third kappa shape index (κ3) is 3.68. The smallest absolute Gasteiger partial charge is 0.408 e. The van der Waals surface area contributed by atoms with E-state index in [0.29, 0.717) is 11.3 Å². The van der Waals surface area contributed by atoms with Crippen LogP contribution in [0.25, 0.3) is 22.4 Å². The van der Waals surface area contributed by atoms with Crippen LogP contribution in [0.15, 0.2) is 57.9 Å². The highest BCUT2D eigenvalue weighted by Crippen LogP contribution is 2.25. The molecule has 0 spiro atoms. The van der Waals surface area contributed by atoms with Crippen molar-refractivity contribution in [2.75, 3.05) is 5.32 Å². The summed E-state index contributed by atoms with van der Waals surface area (Å²) >= 11 is 0. The lowest BCUT2D eigenvalue weighted by molar-refractivity contribution is 0.0670. The zero-order valence-corrected chi connectivity index (χ0v) is 15.0. The number of aromatic nitrogens is 4. The number of alkyl halides is 2. The van der Waals surface area contributed by atoms with E-state index in [-0.39, 0.29) is 33.5 Å². The molecule has 0 amide bonds. The minimum Gasteiger partial charge on any atom is -0.408 e. The summed E-state index contributed by atoms with van der Waals surface area (Å²) in [6, 6.07) is 10.2. The van der Waals surface area contributed by atoms with E-state index in [4.69, 9.17) is 4.42 Å². The summed E-state index contributed by atoms with van der Waals surface area (Å²) in [5.74, 6) is -1.21. The highest BCUT2D eigenvalue weighted by Gasteiger charge is 2.18. The van der Waals surface area contributed by atoms with E-state index in [0.717, 1.165) is 5.56 Å². The van der Waals surface area contributed by atoms with Gasteiger partial charge in [-0.1, -0.05) is 12.1 Å². The standard InChI is InChI=1S/C19H14F3N5O2/c1-10(11-2-5-13(20)6-3-11)24-18-23-9-14(25-26-18)12-4-7-16-15(8-12)27(17(21)22)19(28)29-16/h2-10,17H,1H3,(H,23,24,26)/t10-/m1/s1. The second kappa shape index (κ2) is 7.38. The predicted octanol–water partition coefficient (Wildman–Crippen LogP) is 4.15. The number of nitrogens with one attached hydrogen (secondary N) is 1. The van der Waals surface area contributed by atoms with Crippen LogP contribution in [0.3, 0.4) is 0 Å². The second-order valence-electron chi connectivity index (χ2n) is 6.28. The molecule has 2 aromatic carbocycles. The molecule has 10 heteroatoms. The molecule has 2 heterocycles. The fraction of sp³-hybridized carbons (Fsp3) is 0.158. The van der Waals surface area contributed by atoms with E-state index >= 15 is 0 Å². The van der Waals surface area contributed by atoms with Crippen molar-refractivity contribution in [3.05, 3.63) is 70.6 Å². The average Bonchev–Trinajstić information content (AvgIpc) is 3.04. The Labute approximate surface area is 161 Å². The summed E-state index contributed by atoms with van der Waals surface area (Å²) in [5, 5.41) is 11.1. The number of nitrogens with zero attached hydrogens (tertiary/aromatic N) is 4. The topological polar surface area (TPSA) is 85.8 Å². The Morgan fingerprint density at radius 1 is 1.10 bits per heavy atom. The van der Waals surface area contributed by atoms with Gasteiger partial charge in [0.2, 0.25) is 5.95 Å². The number of rotatable bonds is 5. The van der Waals surface area contributed by atoms with Gasteiger partial charge in [0.15, 0.2) is 5.58 Å². The Hall–Kier alpha value is -3.69. The lowest BCUT2D eigenvalue weighted by atomic mass is 10.1. The summed E-state index contributed by atoms with van der Waals surface area (Å²) in [5.41, 5.74) is 1.63. The molecule has 2 aromatic heterocycles. The number of hydrogen-bond donors (Lipinski definition) is 1. The molecule has 0 fully saturated rings. The fourth-order valence-corrected chi connectivity index (χ4v) is 2.88. The number of anilines is 1. The van der Waals surface area contributed by atoms with Gasteiger partial charge in [-0.05, 0) is 42.8 Å². The van der Waals surface area contributed by atoms with Crippen molar-refractivity contribution in [2.24, 2.45) is 0 Å². The first kappa shape index (κ1) is 18.7. The quantitative estimate of drug-likeness (QED) is 0.541. The summed E-state index contributed by atoms with van der Waals surface area (Å²) < 4.78 is 44.3. The van der Waals surface area contributed by atoms with Gasteiger partial charge < -0.3 is 9.73 Å². The van der Waals surface area contributed by atoms with Crippen LogP contribution in [0.2, 0.25) is 0 Å². The van der Waals surface area contributed by atoms with Crippen molar-refractivity contribution < 1.29 is 17.6 Å². The molecule has 0 aliphatic carbocycles. The molecule has 4 rings (SSSR count). The van der Waals surface area contributed by atoms with Gasteiger partial charge in [-0.3, -0.25) is 0 Å². The van der Waals surface area contributed by atoms with E-state index in [9.17, 15) is 18.0 Å². The Balaban J connectivity index is 1.58. The Morgan fingerprint density at radius 3 is 2.52 bits per heavy atom. The first-order valence-corrected chi connectivity index (χ1v) is 8.57. The molecule has 1 atom stereocenters. The normalized spacial score (nSPS) is 12.4. The molecular formula is C19H14F3N5O2. The summed E-state index contributed by atoms with van der Waals surface area (Å²) in [6.45, 7) is -1.16. The van der Waals surface area contributed by atoms with Crippen LogP contribution in [0.4, 0.5) is 19.1 Å². The lowest BCUT2D eigenvalue weighted by Crippen LogP contribution is -2.14. The Kier molecular flexibility index (Phi) is 4.75. The van der Waals surface area contributed by atoms with Crippen molar-refractivity contribution in [3.63, 3.8) is 0 Å². The number of oxazole rings is 1. The van der Waals surface area contributed by atoms with E-state index in [2.05, 4.69) is 20.5 Å². The largest absolute Gasteiger partial charge is 0.424 e. The van der Waals surface area contributed by atoms with E-state index in [1.165, 1.54) is 30.5 Å². The van der Waals surface area contributed by atoms with Crippen LogP contribution in [0.5, 0.6) is 0 Å². The van der Waals surface area contributed by atoms with Crippen LogP contribution in [0, 0.1) is 5.82 Å². The number of halogens is 3. The predicted molar refractivity (Wildman–Crippen MR) is 99.0 cm³/mol. The molecule has 0 aliphatic heterocycles. The molecule has 0 saturated heterocycles. The monoisotopic (exact) mass is 401 g/mol. The van der Waals surface area contributed by atoms with Gasteiger partial charge in [-0.2, -0.15) is 8.78 Å². The highest BCUT2D eigenvalue weighted by molar-refractivity contribution is 5.79. The molecule has 0 aliphatic rings. The minimum absolute atomic E-state index is 0.0450. The fourth-order valence-electron chi connectivity index (χ4n) is 2.88. The summed E-state index contributed by atoms with van der Waals surface area (Å²) in [6.07, 6.45) is 1.43. The summed E-state index contributed by atoms with van der Waals surface area (Å²) in [7, 11) is 0. The number of fused-ring (bicyclic) bond motifs is 1. The van der Waals surface area contributed by atoms with Crippen LogP contribution in [-0.4, -0.2) is 19.7 Å². The first-order valence-electron chi connectivity index (χ1n) is 8.57. The SMILES string of the molecule is C[C@@H](Nc1ncc(-c2ccc3oc(=O)n(C(F)F)c3c2)nn1)c1ccc(F)cc1. The van der Waals surface area contributed by atoms with E-state index in [1.54, 1.807) is 18.2 Å². The van der Waals surface area contributed by atoms with Gasteiger partial charge >= 0.3 is 12.3 Å². The molecule has 0 bridgehead atoms. The molecule has 0 unspecified atom stereocenters. The van der Waals surface area contributed by atoms with E-state index < -0.39 is 12.3 Å². The molecule has 7 nitrogen and oxygen atoms in total. The number of benzene rings is 2. The van der Waals surface area contributed by atoms with Gasteiger partial charge in [-0.25, -0.2) is 18.7 Å². The van der Waals surface area contributed by atoms with Gasteiger partial charge in [0, 0.05) is 5.56 Å². The van der Waals surface area contributed by atoms with Gasteiger partial charge in [0.1, 0.15) is 11.5 Å². The second-order valence-corrected chi connectivity index (χ2v) is 6.28. The average molecular weight is 401 g/mol. The van der Waals surface area contributed by atoms with Crippen molar-refractivity contribution in [1.82, 2.24) is 19.7 Å². The number of hydrogen-bond acceptors (Lipinski definition) is 6. The van der Waals surface area contributed by atoms with Crippen molar-refractivity contribution in [1.29, 1.82) is 0 Å². The first-order chi connectivity index (χ1) is 13.9. The van der Waals surface area contributed by atoms with Gasteiger partial charge in [0.25, 0.3) is 0 Å².